The van der Waals surface area contributed by atoms with Crippen LogP contribution in [0.3, 0.4) is 0 Å². The van der Waals surface area contributed by atoms with Crippen LogP contribution in [0.15, 0.2) is 11.8 Å². The van der Waals surface area contributed by atoms with Gasteiger partial charge in [0.05, 0.1) is 0 Å². The van der Waals surface area contributed by atoms with Crippen LogP contribution in [-0.4, -0.2) is 18.5 Å². The van der Waals surface area contributed by atoms with E-state index in [-0.39, 0.29) is 0 Å². The van der Waals surface area contributed by atoms with Gasteiger partial charge in [0.2, 0.25) is 0 Å². The lowest BCUT2D eigenvalue weighted by molar-refractivity contribution is 0.427. The first-order valence-corrected chi connectivity index (χ1v) is 3.62. The van der Waals surface area contributed by atoms with Gasteiger partial charge in [-0.2, -0.15) is 0 Å². The molecule has 0 amide bonds. The zero-order valence-electron chi connectivity index (χ0n) is 6.52. The summed E-state index contributed by atoms with van der Waals surface area (Å²) in [5, 5.41) is 0. The van der Waals surface area contributed by atoms with Gasteiger partial charge < -0.3 is 4.90 Å². The Morgan fingerprint density at radius 3 is 2.67 bits per heavy atom. The Kier molecular flexibility index (Phi) is 1.79. The Balaban J connectivity index is 2.53. The molecular weight excluding hydrogens is 110 g/mol. The van der Waals surface area contributed by atoms with E-state index in [0.29, 0.717) is 0 Å². The molecule has 0 aromatic heterocycles. The fourth-order valence-electron chi connectivity index (χ4n) is 1.45. The Labute approximate surface area is 57.4 Å². The molecule has 0 aromatic rings. The summed E-state index contributed by atoms with van der Waals surface area (Å²) in [6, 6.07) is 0. The number of nitrogens with zero attached hydrogens (tertiary/aromatic N) is 1. The quantitative estimate of drug-likeness (QED) is 0.517. The van der Waals surface area contributed by atoms with Crippen LogP contribution < -0.4 is 0 Å². The van der Waals surface area contributed by atoms with Crippen molar-refractivity contribution in [3.63, 3.8) is 0 Å². The second-order valence-corrected chi connectivity index (χ2v) is 2.92. The van der Waals surface area contributed by atoms with E-state index in [1.54, 1.807) is 5.57 Å². The molecule has 0 N–H and O–H groups in total. The van der Waals surface area contributed by atoms with Crippen LogP contribution in [0.2, 0.25) is 0 Å². The van der Waals surface area contributed by atoms with E-state index >= 15 is 0 Å². The van der Waals surface area contributed by atoms with Gasteiger partial charge in [-0.05, 0) is 25.5 Å². The highest BCUT2D eigenvalue weighted by molar-refractivity contribution is 5.08. The van der Waals surface area contributed by atoms with Crippen molar-refractivity contribution in [3.05, 3.63) is 11.8 Å². The van der Waals surface area contributed by atoms with E-state index in [2.05, 4.69) is 32.0 Å². The molecular formula is C8H15N. The van der Waals surface area contributed by atoms with Crippen molar-refractivity contribution in [3.8, 4) is 0 Å². The van der Waals surface area contributed by atoms with Crippen molar-refractivity contribution >= 4 is 0 Å². The number of rotatable bonds is 1. The third kappa shape index (κ3) is 1.26. The SMILES string of the molecule is CCC1CN(C)C=C1C. The first-order valence-electron chi connectivity index (χ1n) is 3.62. The average molecular weight is 125 g/mol. The third-order valence-electron chi connectivity index (χ3n) is 2.07. The predicted octanol–water partition coefficient (Wildman–Crippen LogP) is 1.86. The molecule has 1 nitrogen and oxygen atoms in total. The molecule has 9 heavy (non-hydrogen) atoms. The maximum atomic E-state index is 2.27. The van der Waals surface area contributed by atoms with Gasteiger partial charge in [0.1, 0.15) is 0 Å². The van der Waals surface area contributed by atoms with Crippen molar-refractivity contribution < 1.29 is 0 Å². The van der Waals surface area contributed by atoms with E-state index in [4.69, 9.17) is 0 Å². The Hall–Kier alpha value is -0.460. The molecule has 0 aromatic carbocycles. The van der Waals surface area contributed by atoms with Gasteiger partial charge in [-0.15, -0.1) is 0 Å². The molecule has 0 spiro atoms. The van der Waals surface area contributed by atoms with Crippen LogP contribution in [0.5, 0.6) is 0 Å². The first kappa shape index (κ1) is 6.66. The Bertz CT molecular complexity index is 127. The van der Waals surface area contributed by atoms with Gasteiger partial charge in [0.15, 0.2) is 0 Å². The van der Waals surface area contributed by atoms with Gasteiger partial charge in [0.25, 0.3) is 0 Å². The average Bonchev–Trinajstić information content (AvgIpc) is 2.10. The monoisotopic (exact) mass is 125 g/mol. The largest absolute Gasteiger partial charge is 0.380 e. The van der Waals surface area contributed by atoms with E-state index in [1.165, 1.54) is 13.0 Å². The van der Waals surface area contributed by atoms with Crippen LogP contribution in [-0.2, 0) is 0 Å². The molecule has 1 heterocycles. The molecule has 0 saturated carbocycles. The molecule has 52 valence electrons. The molecule has 1 atom stereocenters. The fraction of sp³-hybridized carbons (Fsp3) is 0.750. The zero-order valence-corrected chi connectivity index (χ0v) is 6.52. The summed E-state index contributed by atoms with van der Waals surface area (Å²) in [4.78, 5) is 2.27. The highest BCUT2D eigenvalue weighted by Gasteiger charge is 2.15. The fourth-order valence-corrected chi connectivity index (χ4v) is 1.45. The summed E-state index contributed by atoms with van der Waals surface area (Å²) >= 11 is 0. The summed E-state index contributed by atoms with van der Waals surface area (Å²) in [6.07, 6.45) is 3.53. The lowest BCUT2D eigenvalue weighted by Crippen LogP contribution is -2.12. The zero-order chi connectivity index (χ0) is 6.85. The van der Waals surface area contributed by atoms with Crippen LogP contribution in [0.25, 0.3) is 0 Å². The van der Waals surface area contributed by atoms with Crippen LogP contribution >= 0.6 is 0 Å². The maximum absolute atomic E-state index is 2.27. The smallest absolute Gasteiger partial charge is 0.0235 e. The van der Waals surface area contributed by atoms with Crippen molar-refractivity contribution in [1.29, 1.82) is 0 Å². The summed E-state index contributed by atoms with van der Waals surface area (Å²) in [5.74, 6) is 0.829. The standard InChI is InChI=1S/C8H15N/c1-4-8-6-9(3)5-7(8)2/h5,8H,4,6H2,1-3H3. The topological polar surface area (TPSA) is 3.24 Å². The van der Waals surface area contributed by atoms with Crippen molar-refractivity contribution in [1.82, 2.24) is 4.90 Å². The minimum atomic E-state index is 0.829. The van der Waals surface area contributed by atoms with E-state index in [1.807, 2.05) is 0 Å². The molecule has 0 saturated heterocycles. The summed E-state index contributed by atoms with van der Waals surface area (Å²) in [5.41, 5.74) is 1.54. The van der Waals surface area contributed by atoms with Gasteiger partial charge in [-0.3, -0.25) is 0 Å². The Morgan fingerprint density at radius 2 is 2.44 bits per heavy atom. The summed E-state index contributed by atoms with van der Waals surface area (Å²) in [7, 11) is 2.14. The second-order valence-electron chi connectivity index (χ2n) is 2.92. The molecule has 1 unspecified atom stereocenters. The van der Waals surface area contributed by atoms with Gasteiger partial charge >= 0.3 is 0 Å². The lowest BCUT2D eigenvalue weighted by atomic mass is 10.0. The molecule has 0 radical (unpaired) electrons. The highest BCUT2D eigenvalue weighted by Crippen LogP contribution is 2.21. The predicted molar refractivity (Wildman–Crippen MR) is 40.2 cm³/mol. The number of hydrogen-bond donors (Lipinski definition) is 0. The van der Waals surface area contributed by atoms with Crippen LogP contribution in [0.1, 0.15) is 20.3 Å². The van der Waals surface area contributed by atoms with Gasteiger partial charge in [-0.25, -0.2) is 0 Å². The first-order chi connectivity index (χ1) is 4.24. The van der Waals surface area contributed by atoms with E-state index < -0.39 is 0 Å². The maximum Gasteiger partial charge on any atom is 0.0235 e. The highest BCUT2D eigenvalue weighted by atomic mass is 15.1. The molecule has 1 aliphatic rings. The minimum Gasteiger partial charge on any atom is -0.380 e. The third-order valence-corrected chi connectivity index (χ3v) is 2.07. The summed E-state index contributed by atoms with van der Waals surface area (Å²) in [6.45, 7) is 5.70. The minimum absolute atomic E-state index is 0.829. The lowest BCUT2D eigenvalue weighted by Gasteiger charge is -2.10. The molecule has 0 bridgehead atoms. The van der Waals surface area contributed by atoms with Gasteiger partial charge in [-0.1, -0.05) is 12.5 Å². The van der Waals surface area contributed by atoms with E-state index in [0.717, 1.165) is 5.92 Å². The normalized spacial score (nSPS) is 26.8. The molecule has 1 rings (SSSR count). The van der Waals surface area contributed by atoms with E-state index in [9.17, 15) is 0 Å². The molecule has 1 heteroatoms. The number of hydrogen-bond acceptors (Lipinski definition) is 1. The second kappa shape index (κ2) is 2.42. The van der Waals surface area contributed by atoms with Crippen molar-refractivity contribution in [2.75, 3.05) is 13.6 Å². The molecule has 1 aliphatic heterocycles. The van der Waals surface area contributed by atoms with Crippen molar-refractivity contribution in [2.45, 2.75) is 20.3 Å². The Morgan fingerprint density at radius 1 is 1.78 bits per heavy atom. The molecule has 0 fully saturated rings. The van der Waals surface area contributed by atoms with Crippen molar-refractivity contribution in [2.24, 2.45) is 5.92 Å². The van der Waals surface area contributed by atoms with Crippen LogP contribution in [0, 0.1) is 5.92 Å². The van der Waals surface area contributed by atoms with Crippen LogP contribution in [0.4, 0.5) is 0 Å². The molecule has 0 aliphatic carbocycles. The summed E-state index contributed by atoms with van der Waals surface area (Å²) < 4.78 is 0. The van der Waals surface area contributed by atoms with Gasteiger partial charge in [0, 0.05) is 13.6 Å².